The Balaban J connectivity index is 1.84. The van der Waals surface area contributed by atoms with Crippen molar-refractivity contribution in [3.63, 3.8) is 0 Å². The molecule has 0 spiro atoms. The zero-order valence-electron chi connectivity index (χ0n) is 21.2. The highest BCUT2D eigenvalue weighted by atomic mass is 16.5. The van der Waals surface area contributed by atoms with Gasteiger partial charge in [-0.1, -0.05) is 43.7 Å². The van der Waals surface area contributed by atoms with Gasteiger partial charge in [0.1, 0.15) is 17.3 Å². The number of aliphatic hydroxyl groups is 1. The van der Waals surface area contributed by atoms with Crippen molar-refractivity contribution in [1.29, 1.82) is 0 Å². The second-order valence-corrected chi connectivity index (χ2v) is 9.46. The van der Waals surface area contributed by atoms with Crippen molar-refractivity contribution in [2.24, 2.45) is 5.92 Å². The molecule has 186 valence electrons. The van der Waals surface area contributed by atoms with Crippen LogP contribution in [0.25, 0.3) is 5.76 Å². The molecule has 1 saturated heterocycles. The molecule has 4 rings (SSSR count). The highest BCUT2D eigenvalue weighted by Crippen LogP contribution is 2.43. The van der Waals surface area contributed by atoms with E-state index in [1.807, 2.05) is 44.2 Å². The van der Waals surface area contributed by atoms with Crippen LogP contribution in [0.1, 0.15) is 42.1 Å². The maximum Gasteiger partial charge on any atom is 0.300 e. The first kappa shape index (κ1) is 25.0. The van der Waals surface area contributed by atoms with Gasteiger partial charge >= 0.3 is 0 Å². The summed E-state index contributed by atoms with van der Waals surface area (Å²) >= 11 is 0. The van der Waals surface area contributed by atoms with Crippen molar-refractivity contribution < 1.29 is 24.2 Å². The minimum atomic E-state index is -0.797. The number of aliphatic hydroxyl groups excluding tert-OH is 1. The third-order valence-electron chi connectivity index (χ3n) is 6.20. The number of ether oxygens (including phenoxy) is 2. The van der Waals surface area contributed by atoms with Crippen molar-refractivity contribution in [2.45, 2.75) is 33.7 Å². The third-order valence-corrected chi connectivity index (χ3v) is 6.20. The number of carbonyl (C=O) groups is 2. The number of rotatable bonds is 7. The number of hydrogen-bond donors (Lipinski definition) is 1. The smallest absolute Gasteiger partial charge is 0.300 e. The van der Waals surface area contributed by atoms with Crippen molar-refractivity contribution in [3.8, 4) is 11.5 Å². The summed E-state index contributed by atoms with van der Waals surface area (Å²) in [5.74, 6) is 0.0668. The van der Waals surface area contributed by atoms with Crippen LogP contribution in [-0.4, -0.2) is 30.5 Å². The van der Waals surface area contributed by atoms with Gasteiger partial charge in [0, 0.05) is 11.3 Å². The van der Waals surface area contributed by atoms with E-state index in [0.717, 1.165) is 11.1 Å². The predicted molar refractivity (Wildman–Crippen MR) is 140 cm³/mol. The Kier molecular flexibility index (Phi) is 7.15. The number of anilines is 1. The molecule has 1 fully saturated rings. The largest absolute Gasteiger partial charge is 0.507 e. The number of benzene rings is 3. The maximum absolute atomic E-state index is 13.4. The van der Waals surface area contributed by atoms with Crippen LogP contribution in [0.5, 0.6) is 11.5 Å². The van der Waals surface area contributed by atoms with Gasteiger partial charge in [-0.2, -0.15) is 0 Å². The van der Waals surface area contributed by atoms with E-state index in [2.05, 4.69) is 13.8 Å². The Bertz CT molecular complexity index is 1310. The molecule has 0 saturated carbocycles. The van der Waals surface area contributed by atoms with Gasteiger partial charge < -0.3 is 14.6 Å². The van der Waals surface area contributed by atoms with E-state index in [9.17, 15) is 14.7 Å². The Labute approximate surface area is 211 Å². The SMILES string of the molecule is COc1ccc(C2/C(=C(\O)c3ccc(OCC(C)C)cc3)C(=O)C(=O)N2c2ccc(C)cc2C)cc1. The molecule has 0 aliphatic carbocycles. The van der Waals surface area contributed by atoms with Crippen molar-refractivity contribution in [3.05, 3.63) is 94.6 Å². The fourth-order valence-corrected chi connectivity index (χ4v) is 4.39. The molecule has 1 N–H and O–H groups in total. The standard InChI is InChI=1S/C30H31NO5/c1-18(2)17-36-24-13-9-22(10-14-24)28(32)26-27(21-7-11-23(35-5)12-8-21)31(30(34)29(26)33)25-15-6-19(3)16-20(25)4/h6-16,18,27,32H,17H2,1-5H3/b28-26+. The van der Waals surface area contributed by atoms with Gasteiger partial charge in [-0.25, -0.2) is 0 Å². The Hall–Kier alpha value is -4.06. The van der Waals surface area contributed by atoms with Gasteiger partial charge in [0.15, 0.2) is 0 Å². The lowest BCUT2D eigenvalue weighted by Gasteiger charge is -2.27. The van der Waals surface area contributed by atoms with Gasteiger partial charge in [0.05, 0.1) is 25.3 Å². The molecule has 6 nitrogen and oxygen atoms in total. The summed E-state index contributed by atoms with van der Waals surface area (Å²) in [4.78, 5) is 28.2. The second-order valence-electron chi connectivity index (χ2n) is 9.46. The lowest BCUT2D eigenvalue weighted by atomic mass is 9.94. The quantitative estimate of drug-likeness (QED) is 0.253. The molecule has 1 heterocycles. The zero-order chi connectivity index (χ0) is 26.0. The first-order valence-corrected chi connectivity index (χ1v) is 12.0. The summed E-state index contributed by atoms with van der Waals surface area (Å²) in [7, 11) is 1.57. The van der Waals surface area contributed by atoms with Crippen LogP contribution in [0.15, 0.2) is 72.3 Å². The number of aryl methyl sites for hydroxylation is 2. The molecule has 1 amide bonds. The fraction of sp³-hybridized carbons (Fsp3) is 0.267. The summed E-state index contributed by atoms with van der Waals surface area (Å²) in [6, 6.07) is 19.0. The normalized spacial score (nSPS) is 17.1. The molecule has 1 unspecified atom stereocenters. The number of ketones is 1. The number of carbonyl (C=O) groups excluding carboxylic acids is 2. The zero-order valence-corrected chi connectivity index (χ0v) is 21.2. The van der Waals surface area contributed by atoms with Gasteiger partial charge in [-0.15, -0.1) is 0 Å². The Morgan fingerprint density at radius 1 is 0.944 bits per heavy atom. The molecule has 36 heavy (non-hydrogen) atoms. The molecule has 1 atom stereocenters. The molecule has 3 aromatic carbocycles. The predicted octanol–water partition coefficient (Wildman–Crippen LogP) is 5.97. The summed E-state index contributed by atoms with van der Waals surface area (Å²) in [5, 5.41) is 11.3. The number of Topliss-reactive ketones (excluding diaryl/α,β-unsaturated/α-hetero) is 1. The monoisotopic (exact) mass is 485 g/mol. The molecule has 0 radical (unpaired) electrons. The topological polar surface area (TPSA) is 76.1 Å². The molecular formula is C30H31NO5. The molecule has 0 bridgehead atoms. The number of amides is 1. The van der Waals surface area contributed by atoms with Crippen molar-refractivity contribution in [1.82, 2.24) is 0 Å². The highest BCUT2D eigenvalue weighted by molar-refractivity contribution is 6.51. The molecule has 6 heteroatoms. The van der Waals surface area contributed by atoms with E-state index in [1.54, 1.807) is 43.5 Å². The first-order valence-electron chi connectivity index (χ1n) is 12.0. The average molecular weight is 486 g/mol. The van der Waals surface area contributed by atoms with Crippen LogP contribution in [0.2, 0.25) is 0 Å². The number of nitrogens with zero attached hydrogens (tertiary/aromatic N) is 1. The minimum Gasteiger partial charge on any atom is -0.507 e. The second kappa shape index (κ2) is 10.3. The van der Waals surface area contributed by atoms with Crippen LogP contribution >= 0.6 is 0 Å². The Morgan fingerprint density at radius 2 is 1.58 bits per heavy atom. The Morgan fingerprint density at radius 3 is 2.17 bits per heavy atom. The van der Waals surface area contributed by atoms with E-state index in [-0.39, 0.29) is 11.3 Å². The lowest BCUT2D eigenvalue weighted by Crippen LogP contribution is -2.30. The van der Waals surface area contributed by atoms with Crippen LogP contribution in [0, 0.1) is 19.8 Å². The molecule has 1 aliphatic heterocycles. The van der Waals surface area contributed by atoms with Gasteiger partial charge in [0.2, 0.25) is 0 Å². The summed E-state index contributed by atoms with van der Waals surface area (Å²) in [6.07, 6.45) is 0. The molecule has 3 aromatic rings. The van der Waals surface area contributed by atoms with E-state index in [4.69, 9.17) is 9.47 Å². The first-order chi connectivity index (χ1) is 17.2. The summed E-state index contributed by atoms with van der Waals surface area (Å²) < 4.78 is 11.0. The number of methoxy groups -OCH3 is 1. The summed E-state index contributed by atoms with van der Waals surface area (Å²) in [6.45, 7) is 8.58. The van der Waals surface area contributed by atoms with Crippen molar-refractivity contribution in [2.75, 3.05) is 18.6 Å². The van der Waals surface area contributed by atoms with Gasteiger partial charge in [-0.3, -0.25) is 14.5 Å². The summed E-state index contributed by atoms with van der Waals surface area (Å²) in [5.41, 5.74) is 3.70. The van der Waals surface area contributed by atoms with E-state index >= 15 is 0 Å². The fourth-order valence-electron chi connectivity index (χ4n) is 4.39. The molecular weight excluding hydrogens is 454 g/mol. The van der Waals surface area contributed by atoms with Crippen LogP contribution in [-0.2, 0) is 9.59 Å². The van der Waals surface area contributed by atoms with E-state index < -0.39 is 17.7 Å². The molecule has 0 aromatic heterocycles. The third kappa shape index (κ3) is 4.85. The maximum atomic E-state index is 13.4. The highest BCUT2D eigenvalue weighted by Gasteiger charge is 2.47. The van der Waals surface area contributed by atoms with Crippen molar-refractivity contribution >= 4 is 23.1 Å². The van der Waals surface area contributed by atoms with Crippen LogP contribution < -0.4 is 14.4 Å². The number of hydrogen-bond acceptors (Lipinski definition) is 5. The average Bonchev–Trinajstić information content (AvgIpc) is 3.13. The molecule has 1 aliphatic rings. The minimum absolute atomic E-state index is 0.0426. The van der Waals surface area contributed by atoms with Gasteiger partial charge in [0.25, 0.3) is 11.7 Å². The van der Waals surface area contributed by atoms with E-state index in [0.29, 0.717) is 40.8 Å². The van der Waals surface area contributed by atoms with Crippen LogP contribution in [0.3, 0.4) is 0 Å². The van der Waals surface area contributed by atoms with Gasteiger partial charge in [-0.05, 0) is 73.4 Å². The van der Waals surface area contributed by atoms with E-state index in [1.165, 1.54) is 4.90 Å². The van der Waals surface area contributed by atoms with Crippen LogP contribution in [0.4, 0.5) is 5.69 Å². The lowest BCUT2D eigenvalue weighted by molar-refractivity contribution is -0.132.